The molecule has 1 saturated carbocycles. The highest BCUT2D eigenvalue weighted by atomic mass is 19.1. The molecule has 0 atom stereocenters. The Morgan fingerprint density at radius 1 is 1.33 bits per heavy atom. The van der Waals surface area contributed by atoms with E-state index in [1.165, 1.54) is 18.9 Å². The minimum atomic E-state index is -0.199. The van der Waals surface area contributed by atoms with Gasteiger partial charge >= 0.3 is 0 Å². The Kier molecular flexibility index (Phi) is 4.06. The van der Waals surface area contributed by atoms with Gasteiger partial charge < -0.3 is 5.32 Å². The molecule has 112 valence electrons. The van der Waals surface area contributed by atoms with E-state index in [4.69, 9.17) is 0 Å². The maximum atomic E-state index is 13.5. The van der Waals surface area contributed by atoms with Crippen molar-refractivity contribution in [2.45, 2.75) is 39.2 Å². The fourth-order valence-corrected chi connectivity index (χ4v) is 2.48. The van der Waals surface area contributed by atoms with Gasteiger partial charge in [0.2, 0.25) is 0 Å². The van der Waals surface area contributed by atoms with Crippen LogP contribution in [0.15, 0.2) is 30.5 Å². The van der Waals surface area contributed by atoms with E-state index in [1.807, 2.05) is 16.9 Å². The van der Waals surface area contributed by atoms with E-state index in [-0.39, 0.29) is 5.82 Å². The second-order valence-electron chi connectivity index (χ2n) is 6.26. The van der Waals surface area contributed by atoms with E-state index in [0.29, 0.717) is 18.4 Å². The zero-order valence-corrected chi connectivity index (χ0v) is 12.6. The summed E-state index contributed by atoms with van der Waals surface area (Å²) in [6.45, 7) is 5.90. The number of hydrogen-bond acceptors (Lipinski definition) is 2. The SMILES string of the molecule is CC(C)CNCc1cc(F)ccc1-n1ccc(C2CC2)n1. The van der Waals surface area contributed by atoms with Crippen molar-refractivity contribution in [1.82, 2.24) is 15.1 Å². The van der Waals surface area contributed by atoms with Gasteiger partial charge in [0.1, 0.15) is 5.82 Å². The number of halogens is 1. The Bertz CT molecular complexity index is 614. The van der Waals surface area contributed by atoms with Crippen LogP contribution in [0.2, 0.25) is 0 Å². The fourth-order valence-electron chi connectivity index (χ4n) is 2.48. The quantitative estimate of drug-likeness (QED) is 0.879. The molecule has 0 aliphatic heterocycles. The Morgan fingerprint density at radius 2 is 2.14 bits per heavy atom. The monoisotopic (exact) mass is 287 g/mol. The normalized spacial score (nSPS) is 14.9. The molecule has 21 heavy (non-hydrogen) atoms. The molecule has 2 aromatic rings. The molecule has 1 N–H and O–H groups in total. The summed E-state index contributed by atoms with van der Waals surface area (Å²) in [5, 5.41) is 8.02. The number of nitrogens with zero attached hydrogens (tertiary/aromatic N) is 2. The Morgan fingerprint density at radius 3 is 2.86 bits per heavy atom. The molecule has 1 heterocycles. The summed E-state index contributed by atoms with van der Waals surface area (Å²) >= 11 is 0. The molecule has 1 aromatic heterocycles. The first-order chi connectivity index (χ1) is 10.1. The van der Waals surface area contributed by atoms with Gasteiger partial charge in [0.15, 0.2) is 0 Å². The molecule has 1 aliphatic rings. The van der Waals surface area contributed by atoms with Crippen LogP contribution in [0, 0.1) is 11.7 Å². The zero-order chi connectivity index (χ0) is 14.8. The summed E-state index contributed by atoms with van der Waals surface area (Å²) < 4.78 is 15.4. The molecule has 0 saturated heterocycles. The van der Waals surface area contributed by atoms with Gasteiger partial charge in [-0.05, 0) is 55.1 Å². The van der Waals surface area contributed by atoms with Crippen LogP contribution in [0.4, 0.5) is 4.39 Å². The van der Waals surface area contributed by atoms with E-state index < -0.39 is 0 Å². The number of rotatable bonds is 6. The van der Waals surface area contributed by atoms with Crippen LogP contribution in [0.3, 0.4) is 0 Å². The molecule has 0 unspecified atom stereocenters. The van der Waals surface area contributed by atoms with Crippen molar-refractivity contribution in [3.63, 3.8) is 0 Å². The largest absolute Gasteiger partial charge is 0.312 e. The third kappa shape index (κ3) is 3.50. The van der Waals surface area contributed by atoms with Crippen LogP contribution in [0.1, 0.15) is 43.9 Å². The molecule has 1 aromatic carbocycles. The van der Waals surface area contributed by atoms with Crippen molar-refractivity contribution in [1.29, 1.82) is 0 Å². The van der Waals surface area contributed by atoms with Crippen molar-refractivity contribution in [3.05, 3.63) is 47.5 Å². The van der Waals surface area contributed by atoms with Gasteiger partial charge in [-0.2, -0.15) is 5.10 Å². The second-order valence-corrected chi connectivity index (χ2v) is 6.26. The van der Waals surface area contributed by atoms with E-state index in [0.717, 1.165) is 23.5 Å². The van der Waals surface area contributed by atoms with Crippen molar-refractivity contribution in [3.8, 4) is 5.69 Å². The highest BCUT2D eigenvalue weighted by Crippen LogP contribution is 2.39. The van der Waals surface area contributed by atoms with Gasteiger partial charge in [-0.3, -0.25) is 0 Å². The van der Waals surface area contributed by atoms with Crippen molar-refractivity contribution in [2.24, 2.45) is 5.92 Å². The van der Waals surface area contributed by atoms with Crippen LogP contribution in [-0.2, 0) is 6.54 Å². The van der Waals surface area contributed by atoms with Crippen LogP contribution >= 0.6 is 0 Å². The number of hydrogen-bond donors (Lipinski definition) is 1. The van der Waals surface area contributed by atoms with Crippen LogP contribution in [-0.4, -0.2) is 16.3 Å². The molecule has 1 fully saturated rings. The lowest BCUT2D eigenvalue weighted by Gasteiger charge is -2.12. The lowest BCUT2D eigenvalue weighted by molar-refractivity contribution is 0.548. The van der Waals surface area contributed by atoms with Gasteiger partial charge in [0.05, 0.1) is 11.4 Å². The number of nitrogens with one attached hydrogen (secondary N) is 1. The van der Waals surface area contributed by atoms with Gasteiger partial charge in [-0.25, -0.2) is 9.07 Å². The maximum Gasteiger partial charge on any atom is 0.123 e. The summed E-state index contributed by atoms with van der Waals surface area (Å²) in [7, 11) is 0. The third-order valence-electron chi connectivity index (χ3n) is 3.76. The maximum absolute atomic E-state index is 13.5. The average Bonchev–Trinajstić information content (AvgIpc) is 3.17. The highest BCUT2D eigenvalue weighted by molar-refractivity contribution is 5.41. The standard InChI is InChI=1S/C17H22FN3/c1-12(2)10-19-11-14-9-15(18)5-6-17(14)21-8-7-16(20-21)13-3-4-13/h5-9,12-13,19H,3-4,10-11H2,1-2H3. The van der Waals surface area contributed by atoms with Crippen LogP contribution in [0.5, 0.6) is 0 Å². The number of aromatic nitrogens is 2. The first-order valence-corrected chi connectivity index (χ1v) is 7.68. The second kappa shape index (κ2) is 5.98. The molecule has 0 bridgehead atoms. The summed E-state index contributed by atoms with van der Waals surface area (Å²) in [5.74, 6) is 1.01. The Labute approximate surface area is 125 Å². The van der Waals surface area contributed by atoms with Gasteiger partial charge in [0.25, 0.3) is 0 Å². The fraction of sp³-hybridized carbons (Fsp3) is 0.471. The molecular formula is C17H22FN3. The molecule has 3 rings (SSSR count). The minimum absolute atomic E-state index is 0.199. The summed E-state index contributed by atoms with van der Waals surface area (Å²) in [4.78, 5) is 0. The van der Waals surface area contributed by atoms with E-state index in [2.05, 4.69) is 30.3 Å². The predicted molar refractivity (Wildman–Crippen MR) is 82.0 cm³/mol. The Balaban J connectivity index is 1.82. The van der Waals surface area contributed by atoms with Crippen molar-refractivity contribution < 1.29 is 4.39 Å². The van der Waals surface area contributed by atoms with Crippen LogP contribution in [0.25, 0.3) is 5.69 Å². The first kappa shape index (κ1) is 14.3. The van der Waals surface area contributed by atoms with E-state index in [1.54, 1.807) is 6.07 Å². The molecule has 0 radical (unpaired) electrons. The molecule has 4 heteroatoms. The molecule has 3 nitrogen and oxygen atoms in total. The van der Waals surface area contributed by atoms with Gasteiger partial charge in [-0.1, -0.05) is 13.8 Å². The first-order valence-electron chi connectivity index (χ1n) is 7.68. The van der Waals surface area contributed by atoms with Crippen LogP contribution < -0.4 is 5.32 Å². The summed E-state index contributed by atoms with van der Waals surface area (Å²) in [6.07, 6.45) is 4.46. The summed E-state index contributed by atoms with van der Waals surface area (Å²) in [6, 6.07) is 6.98. The molecule has 0 spiro atoms. The van der Waals surface area contributed by atoms with Gasteiger partial charge in [0, 0.05) is 18.7 Å². The van der Waals surface area contributed by atoms with E-state index >= 15 is 0 Å². The highest BCUT2D eigenvalue weighted by Gasteiger charge is 2.26. The predicted octanol–water partition coefficient (Wildman–Crippen LogP) is 3.63. The lowest BCUT2D eigenvalue weighted by atomic mass is 10.1. The zero-order valence-electron chi connectivity index (χ0n) is 12.6. The molecule has 0 amide bonds. The molecule has 1 aliphatic carbocycles. The number of benzene rings is 1. The molecular weight excluding hydrogens is 265 g/mol. The third-order valence-corrected chi connectivity index (χ3v) is 3.76. The van der Waals surface area contributed by atoms with Crippen molar-refractivity contribution >= 4 is 0 Å². The average molecular weight is 287 g/mol. The smallest absolute Gasteiger partial charge is 0.123 e. The van der Waals surface area contributed by atoms with E-state index in [9.17, 15) is 4.39 Å². The van der Waals surface area contributed by atoms with Crippen molar-refractivity contribution in [2.75, 3.05) is 6.54 Å². The van der Waals surface area contributed by atoms with Gasteiger partial charge in [-0.15, -0.1) is 0 Å². The lowest BCUT2D eigenvalue weighted by Crippen LogP contribution is -2.20. The Hall–Kier alpha value is -1.68. The topological polar surface area (TPSA) is 29.9 Å². The minimum Gasteiger partial charge on any atom is -0.312 e. The summed E-state index contributed by atoms with van der Waals surface area (Å²) in [5.41, 5.74) is 3.06.